The summed E-state index contributed by atoms with van der Waals surface area (Å²) in [5.41, 5.74) is 0.815. The zero-order valence-corrected chi connectivity index (χ0v) is 11.3. The molecule has 2 aromatic rings. The van der Waals surface area contributed by atoms with Gasteiger partial charge in [-0.2, -0.15) is 0 Å². The van der Waals surface area contributed by atoms with E-state index < -0.39 is 6.04 Å². The summed E-state index contributed by atoms with van der Waals surface area (Å²) < 4.78 is 0. The van der Waals surface area contributed by atoms with Gasteiger partial charge in [0, 0.05) is 5.39 Å². The van der Waals surface area contributed by atoms with Gasteiger partial charge in [0.2, 0.25) is 11.8 Å². The van der Waals surface area contributed by atoms with Crippen LogP contribution in [0.15, 0.2) is 42.5 Å². The number of anilines is 1. The number of hydrogen-bond acceptors (Lipinski definition) is 2. The van der Waals surface area contributed by atoms with E-state index in [0.29, 0.717) is 6.42 Å². The first kappa shape index (κ1) is 12.7. The SMILES string of the molecule is CCC1C(=O)NCC(=O)N1c1cccc2ccccc12. The highest BCUT2D eigenvalue weighted by Crippen LogP contribution is 2.29. The van der Waals surface area contributed by atoms with Crippen LogP contribution in [0.3, 0.4) is 0 Å². The third kappa shape index (κ3) is 1.93. The predicted molar refractivity (Wildman–Crippen MR) is 78.5 cm³/mol. The van der Waals surface area contributed by atoms with Crippen LogP contribution < -0.4 is 10.2 Å². The molecule has 1 N–H and O–H groups in total. The third-order valence-electron chi connectivity index (χ3n) is 3.71. The largest absolute Gasteiger partial charge is 0.345 e. The van der Waals surface area contributed by atoms with E-state index in [-0.39, 0.29) is 18.4 Å². The number of fused-ring (bicyclic) bond motifs is 1. The summed E-state index contributed by atoms with van der Waals surface area (Å²) in [7, 11) is 0. The van der Waals surface area contributed by atoms with Gasteiger partial charge in [0.25, 0.3) is 0 Å². The minimum absolute atomic E-state index is 0.0622. The zero-order chi connectivity index (χ0) is 14.1. The van der Waals surface area contributed by atoms with Gasteiger partial charge in [-0.05, 0) is 17.9 Å². The normalized spacial score (nSPS) is 19.2. The van der Waals surface area contributed by atoms with E-state index in [1.165, 1.54) is 0 Å². The molecule has 1 heterocycles. The Morgan fingerprint density at radius 3 is 2.70 bits per heavy atom. The average molecular weight is 268 g/mol. The Morgan fingerprint density at radius 2 is 1.90 bits per heavy atom. The molecule has 3 rings (SSSR count). The molecular weight excluding hydrogens is 252 g/mol. The molecule has 4 nitrogen and oxygen atoms in total. The van der Waals surface area contributed by atoms with Gasteiger partial charge in [0.1, 0.15) is 6.04 Å². The molecule has 4 heteroatoms. The van der Waals surface area contributed by atoms with Crippen LogP contribution in [-0.2, 0) is 9.59 Å². The molecule has 0 saturated carbocycles. The van der Waals surface area contributed by atoms with Crippen LogP contribution in [0.25, 0.3) is 10.8 Å². The van der Waals surface area contributed by atoms with E-state index >= 15 is 0 Å². The quantitative estimate of drug-likeness (QED) is 0.906. The smallest absolute Gasteiger partial charge is 0.247 e. The lowest BCUT2D eigenvalue weighted by atomic mass is 10.0. The molecule has 0 radical (unpaired) electrons. The summed E-state index contributed by atoms with van der Waals surface area (Å²) in [4.78, 5) is 25.9. The molecule has 0 bridgehead atoms. The van der Waals surface area contributed by atoms with Crippen LogP contribution in [0.5, 0.6) is 0 Å². The van der Waals surface area contributed by atoms with Crippen molar-refractivity contribution in [2.45, 2.75) is 19.4 Å². The first-order valence-corrected chi connectivity index (χ1v) is 6.80. The fourth-order valence-electron chi connectivity index (χ4n) is 2.75. The Kier molecular flexibility index (Phi) is 3.14. The van der Waals surface area contributed by atoms with Crippen molar-refractivity contribution in [1.82, 2.24) is 5.32 Å². The lowest BCUT2D eigenvalue weighted by molar-refractivity contribution is -0.131. The molecule has 2 aromatic carbocycles. The molecule has 0 aromatic heterocycles. The molecule has 20 heavy (non-hydrogen) atoms. The van der Waals surface area contributed by atoms with Crippen LogP contribution in [0.2, 0.25) is 0 Å². The highest BCUT2D eigenvalue weighted by molar-refractivity contribution is 6.11. The highest BCUT2D eigenvalue weighted by Gasteiger charge is 2.34. The second-order valence-corrected chi connectivity index (χ2v) is 4.90. The fourth-order valence-corrected chi connectivity index (χ4v) is 2.75. The lowest BCUT2D eigenvalue weighted by Crippen LogP contribution is -2.58. The summed E-state index contributed by atoms with van der Waals surface area (Å²) in [5, 5.41) is 4.72. The Bertz CT molecular complexity index is 676. The minimum Gasteiger partial charge on any atom is -0.345 e. The summed E-state index contributed by atoms with van der Waals surface area (Å²) in [6.45, 7) is 1.99. The van der Waals surface area contributed by atoms with Crippen LogP contribution in [0.4, 0.5) is 5.69 Å². The van der Waals surface area contributed by atoms with Gasteiger partial charge in [-0.15, -0.1) is 0 Å². The van der Waals surface area contributed by atoms with E-state index in [1.54, 1.807) is 4.90 Å². The van der Waals surface area contributed by atoms with Gasteiger partial charge < -0.3 is 5.32 Å². The monoisotopic (exact) mass is 268 g/mol. The standard InChI is InChI=1S/C16H16N2O2/c1-2-13-16(20)17-10-15(19)18(13)14-9-5-7-11-6-3-4-8-12(11)14/h3-9,13H,2,10H2,1H3,(H,17,20). The molecule has 1 atom stereocenters. The van der Waals surface area contributed by atoms with Crippen molar-refractivity contribution in [2.24, 2.45) is 0 Å². The summed E-state index contributed by atoms with van der Waals surface area (Å²) >= 11 is 0. The topological polar surface area (TPSA) is 49.4 Å². The molecule has 0 aliphatic carbocycles. The number of carbonyl (C=O) groups is 2. The van der Waals surface area contributed by atoms with Crippen molar-refractivity contribution in [3.8, 4) is 0 Å². The lowest BCUT2D eigenvalue weighted by Gasteiger charge is -2.35. The van der Waals surface area contributed by atoms with Crippen molar-refractivity contribution >= 4 is 28.3 Å². The third-order valence-corrected chi connectivity index (χ3v) is 3.71. The maximum Gasteiger partial charge on any atom is 0.247 e. The molecule has 1 saturated heterocycles. The molecule has 1 fully saturated rings. The van der Waals surface area contributed by atoms with Crippen LogP contribution in [0.1, 0.15) is 13.3 Å². The van der Waals surface area contributed by atoms with Gasteiger partial charge in [-0.25, -0.2) is 0 Å². The Hall–Kier alpha value is -2.36. The van der Waals surface area contributed by atoms with E-state index in [1.807, 2.05) is 49.4 Å². The zero-order valence-electron chi connectivity index (χ0n) is 11.3. The number of nitrogens with zero attached hydrogens (tertiary/aromatic N) is 1. The molecule has 102 valence electrons. The Morgan fingerprint density at radius 1 is 1.15 bits per heavy atom. The Labute approximate surface area is 117 Å². The summed E-state index contributed by atoms with van der Waals surface area (Å²) in [5.74, 6) is -0.146. The van der Waals surface area contributed by atoms with Crippen molar-refractivity contribution < 1.29 is 9.59 Å². The van der Waals surface area contributed by atoms with Gasteiger partial charge in [-0.3, -0.25) is 14.5 Å². The van der Waals surface area contributed by atoms with Crippen LogP contribution in [0, 0.1) is 0 Å². The number of hydrogen-bond donors (Lipinski definition) is 1. The van der Waals surface area contributed by atoms with E-state index in [4.69, 9.17) is 0 Å². The van der Waals surface area contributed by atoms with Crippen LogP contribution in [-0.4, -0.2) is 24.4 Å². The van der Waals surface area contributed by atoms with E-state index in [0.717, 1.165) is 16.5 Å². The number of nitrogens with one attached hydrogen (secondary N) is 1. The van der Waals surface area contributed by atoms with E-state index in [9.17, 15) is 9.59 Å². The number of amides is 2. The van der Waals surface area contributed by atoms with Crippen molar-refractivity contribution in [2.75, 3.05) is 11.4 Å². The van der Waals surface area contributed by atoms with Crippen molar-refractivity contribution in [1.29, 1.82) is 0 Å². The van der Waals surface area contributed by atoms with Gasteiger partial charge in [0.15, 0.2) is 0 Å². The fraction of sp³-hybridized carbons (Fsp3) is 0.250. The summed E-state index contributed by atoms with van der Waals surface area (Å²) in [6.07, 6.45) is 0.598. The summed E-state index contributed by atoms with van der Waals surface area (Å²) in [6, 6.07) is 13.3. The molecule has 0 spiro atoms. The molecule has 1 unspecified atom stereocenters. The molecular formula is C16H16N2O2. The molecule has 1 aliphatic heterocycles. The highest BCUT2D eigenvalue weighted by atomic mass is 16.2. The number of benzene rings is 2. The molecule has 1 aliphatic rings. The van der Waals surface area contributed by atoms with Crippen molar-refractivity contribution in [3.05, 3.63) is 42.5 Å². The second kappa shape index (κ2) is 4.96. The maximum absolute atomic E-state index is 12.3. The first-order valence-electron chi connectivity index (χ1n) is 6.80. The second-order valence-electron chi connectivity index (χ2n) is 4.90. The Balaban J connectivity index is 2.17. The first-order chi connectivity index (χ1) is 9.72. The molecule has 2 amide bonds. The minimum atomic E-state index is -0.429. The van der Waals surface area contributed by atoms with Crippen LogP contribution >= 0.6 is 0 Å². The van der Waals surface area contributed by atoms with Gasteiger partial charge >= 0.3 is 0 Å². The van der Waals surface area contributed by atoms with Gasteiger partial charge in [0.05, 0.1) is 12.2 Å². The maximum atomic E-state index is 12.3. The number of rotatable bonds is 2. The average Bonchev–Trinajstić information content (AvgIpc) is 2.49. The number of piperazine rings is 1. The van der Waals surface area contributed by atoms with Crippen molar-refractivity contribution in [3.63, 3.8) is 0 Å². The van der Waals surface area contributed by atoms with E-state index in [2.05, 4.69) is 5.32 Å². The van der Waals surface area contributed by atoms with Gasteiger partial charge in [-0.1, -0.05) is 43.3 Å². The predicted octanol–water partition coefficient (Wildman–Crippen LogP) is 2.08. The number of carbonyl (C=O) groups excluding carboxylic acids is 2.